The number of amides is 4. The number of rotatable bonds is 7. The molecule has 1 aromatic rings. The third kappa shape index (κ3) is 3.91. The summed E-state index contributed by atoms with van der Waals surface area (Å²) in [5.41, 5.74) is 1.13. The van der Waals surface area contributed by atoms with Gasteiger partial charge in [-0.3, -0.25) is 14.5 Å². The molecular weight excluding hydrogens is 354 g/mol. The van der Waals surface area contributed by atoms with Crippen molar-refractivity contribution in [3.63, 3.8) is 0 Å². The number of nitrogens with zero attached hydrogens (tertiary/aromatic N) is 1. The van der Waals surface area contributed by atoms with Crippen molar-refractivity contribution in [3.8, 4) is 0 Å². The molecule has 2 aliphatic carbocycles. The van der Waals surface area contributed by atoms with E-state index in [1.807, 2.05) is 30.3 Å². The van der Waals surface area contributed by atoms with Gasteiger partial charge in [0.25, 0.3) is 5.91 Å². The topological polar surface area (TPSA) is 78.5 Å². The third-order valence-electron chi connectivity index (χ3n) is 6.80. The average Bonchev–Trinajstić information content (AvgIpc) is 3.38. The van der Waals surface area contributed by atoms with Crippen LogP contribution in [-0.2, 0) is 16.0 Å². The lowest BCUT2D eigenvalue weighted by Crippen LogP contribution is -2.46. The summed E-state index contributed by atoms with van der Waals surface area (Å²) in [6.45, 7) is 1.86. The maximum absolute atomic E-state index is 12.6. The van der Waals surface area contributed by atoms with Gasteiger partial charge in [-0.1, -0.05) is 36.8 Å². The minimum Gasteiger partial charge on any atom is -0.352 e. The number of aryl methyl sites for hydroxylation is 1. The first-order chi connectivity index (χ1) is 13.5. The maximum Gasteiger partial charge on any atom is 0.325 e. The first-order valence-electron chi connectivity index (χ1n) is 10.5. The fraction of sp³-hybridized carbons (Fsp3) is 0.591. The molecule has 6 nitrogen and oxygen atoms in total. The molecule has 2 bridgehead atoms. The van der Waals surface area contributed by atoms with Gasteiger partial charge >= 0.3 is 6.03 Å². The lowest BCUT2D eigenvalue weighted by atomic mass is 9.84. The first-order valence-corrected chi connectivity index (χ1v) is 10.5. The summed E-state index contributed by atoms with van der Waals surface area (Å²) >= 11 is 0. The summed E-state index contributed by atoms with van der Waals surface area (Å²) in [7, 11) is 0. The SMILES string of the molecule is C[C@H](NC(=O)CN1C(=O)N[C@@H](CCc2ccccc2)C1=O)[C@H]1C[C@H]2CC[C@H]1C2. The number of fused-ring (bicyclic) bond motifs is 2. The third-order valence-corrected chi connectivity index (χ3v) is 6.80. The van der Waals surface area contributed by atoms with Gasteiger partial charge in [-0.15, -0.1) is 0 Å². The molecule has 1 heterocycles. The second kappa shape index (κ2) is 7.94. The van der Waals surface area contributed by atoms with E-state index in [9.17, 15) is 14.4 Å². The van der Waals surface area contributed by atoms with E-state index in [2.05, 4.69) is 17.6 Å². The van der Waals surface area contributed by atoms with E-state index in [1.165, 1.54) is 25.7 Å². The quantitative estimate of drug-likeness (QED) is 0.710. The summed E-state index contributed by atoms with van der Waals surface area (Å²) in [4.78, 5) is 38.3. The van der Waals surface area contributed by atoms with E-state index in [4.69, 9.17) is 0 Å². The molecule has 1 aliphatic heterocycles. The first kappa shape index (κ1) is 19.0. The Hall–Kier alpha value is -2.37. The van der Waals surface area contributed by atoms with Gasteiger partial charge in [-0.2, -0.15) is 0 Å². The second-order valence-corrected chi connectivity index (χ2v) is 8.65. The normalized spacial score (nSPS) is 29.8. The molecule has 3 aliphatic rings. The van der Waals surface area contributed by atoms with Crippen LogP contribution >= 0.6 is 0 Å². The Kier molecular flexibility index (Phi) is 5.38. The molecule has 4 amide bonds. The van der Waals surface area contributed by atoms with E-state index in [-0.39, 0.29) is 24.4 Å². The summed E-state index contributed by atoms with van der Waals surface area (Å²) < 4.78 is 0. The minimum absolute atomic E-state index is 0.0949. The van der Waals surface area contributed by atoms with Crippen LogP contribution in [-0.4, -0.2) is 41.4 Å². The molecule has 1 aromatic carbocycles. The summed E-state index contributed by atoms with van der Waals surface area (Å²) in [5.74, 6) is 1.53. The molecule has 150 valence electrons. The minimum atomic E-state index is -0.552. The fourth-order valence-corrected chi connectivity index (χ4v) is 5.33. The van der Waals surface area contributed by atoms with Crippen molar-refractivity contribution >= 4 is 17.8 Å². The van der Waals surface area contributed by atoms with Crippen molar-refractivity contribution in [1.82, 2.24) is 15.5 Å². The highest BCUT2D eigenvalue weighted by atomic mass is 16.2. The second-order valence-electron chi connectivity index (χ2n) is 8.65. The fourth-order valence-electron chi connectivity index (χ4n) is 5.33. The number of nitrogens with one attached hydrogen (secondary N) is 2. The van der Waals surface area contributed by atoms with Gasteiger partial charge < -0.3 is 10.6 Å². The Morgan fingerprint density at radius 3 is 2.68 bits per heavy atom. The lowest BCUT2D eigenvalue weighted by Gasteiger charge is -2.29. The maximum atomic E-state index is 12.6. The molecule has 0 spiro atoms. The lowest BCUT2D eigenvalue weighted by molar-refractivity contribution is -0.132. The van der Waals surface area contributed by atoms with Crippen molar-refractivity contribution in [2.45, 2.75) is 57.5 Å². The highest BCUT2D eigenvalue weighted by Crippen LogP contribution is 2.49. The highest BCUT2D eigenvalue weighted by Gasteiger charge is 2.43. The number of hydrogen-bond acceptors (Lipinski definition) is 3. The van der Waals surface area contributed by atoms with Crippen LogP contribution in [0.25, 0.3) is 0 Å². The number of imide groups is 1. The zero-order chi connectivity index (χ0) is 19.7. The van der Waals surface area contributed by atoms with Gasteiger partial charge in [-0.05, 0) is 62.3 Å². The number of carbonyl (C=O) groups excluding carboxylic acids is 3. The monoisotopic (exact) mass is 383 g/mol. The van der Waals surface area contributed by atoms with Crippen LogP contribution in [0.3, 0.4) is 0 Å². The standard InChI is InChI=1S/C22H29N3O3/c1-14(18-12-16-7-9-17(18)11-16)23-20(26)13-25-21(27)19(24-22(25)28)10-8-15-5-3-2-4-6-15/h2-6,14,16-19H,7-13H2,1H3,(H,23,26)(H,24,28)/t14-,16-,17-,18+,19-/m0/s1. The molecule has 0 unspecified atom stereocenters. The zero-order valence-electron chi connectivity index (χ0n) is 16.4. The van der Waals surface area contributed by atoms with Crippen LogP contribution in [0.5, 0.6) is 0 Å². The Balaban J connectivity index is 1.27. The van der Waals surface area contributed by atoms with Crippen LogP contribution in [0.4, 0.5) is 4.79 Å². The van der Waals surface area contributed by atoms with E-state index < -0.39 is 12.1 Å². The molecular formula is C22H29N3O3. The van der Waals surface area contributed by atoms with Crippen LogP contribution in [0, 0.1) is 17.8 Å². The van der Waals surface area contributed by atoms with Gasteiger partial charge in [0.15, 0.2) is 0 Å². The Bertz CT molecular complexity index is 751. The van der Waals surface area contributed by atoms with Crippen molar-refractivity contribution < 1.29 is 14.4 Å². The Morgan fingerprint density at radius 2 is 2.00 bits per heavy atom. The van der Waals surface area contributed by atoms with E-state index in [0.717, 1.165) is 22.3 Å². The predicted molar refractivity (Wildman–Crippen MR) is 105 cm³/mol. The summed E-state index contributed by atoms with van der Waals surface area (Å²) in [5, 5.41) is 5.75. The van der Waals surface area contributed by atoms with E-state index >= 15 is 0 Å². The van der Waals surface area contributed by atoms with Crippen molar-refractivity contribution in [2.75, 3.05) is 6.54 Å². The van der Waals surface area contributed by atoms with Crippen molar-refractivity contribution in [1.29, 1.82) is 0 Å². The molecule has 2 saturated carbocycles. The van der Waals surface area contributed by atoms with Gasteiger partial charge in [0, 0.05) is 6.04 Å². The molecule has 4 rings (SSSR count). The van der Waals surface area contributed by atoms with E-state index in [0.29, 0.717) is 18.8 Å². The average molecular weight is 383 g/mol. The Morgan fingerprint density at radius 1 is 1.21 bits per heavy atom. The van der Waals surface area contributed by atoms with Crippen molar-refractivity contribution in [2.24, 2.45) is 17.8 Å². The molecule has 2 N–H and O–H groups in total. The number of benzene rings is 1. The number of carbonyl (C=O) groups is 3. The molecule has 3 fully saturated rings. The van der Waals surface area contributed by atoms with Gasteiger partial charge in [0.1, 0.15) is 12.6 Å². The van der Waals surface area contributed by atoms with Crippen molar-refractivity contribution in [3.05, 3.63) is 35.9 Å². The van der Waals surface area contributed by atoms with Crippen LogP contribution in [0.2, 0.25) is 0 Å². The summed E-state index contributed by atoms with van der Waals surface area (Å²) in [6, 6.07) is 8.94. The van der Waals surface area contributed by atoms with Crippen LogP contribution < -0.4 is 10.6 Å². The number of hydrogen-bond donors (Lipinski definition) is 2. The molecule has 28 heavy (non-hydrogen) atoms. The molecule has 5 atom stereocenters. The van der Waals surface area contributed by atoms with Gasteiger partial charge in [0.2, 0.25) is 5.91 Å². The molecule has 0 radical (unpaired) electrons. The van der Waals surface area contributed by atoms with Gasteiger partial charge in [-0.25, -0.2) is 4.79 Å². The van der Waals surface area contributed by atoms with Crippen LogP contribution in [0.15, 0.2) is 30.3 Å². The van der Waals surface area contributed by atoms with E-state index in [1.54, 1.807) is 0 Å². The highest BCUT2D eigenvalue weighted by molar-refractivity contribution is 6.06. The summed E-state index contributed by atoms with van der Waals surface area (Å²) in [6.07, 6.45) is 6.32. The van der Waals surface area contributed by atoms with Crippen LogP contribution in [0.1, 0.15) is 44.6 Å². The largest absolute Gasteiger partial charge is 0.352 e. The predicted octanol–water partition coefficient (Wildman–Crippen LogP) is 2.48. The Labute approximate surface area is 166 Å². The number of urea groups is 1. The smallest absolute Gasteiger partial charge is 0.325 e. The molecule has 6 heteroatoms. The van der Waals surface area contributed by atoms with Gasteiger partial charge in [0.05, 0.1) is 0 Å². The zero-order valence-corrected chi connectivity index (χ0v) is 16.4. The molecule has 0 aromatic heterocycles. The molecule has 1 saturated heterocycles.